The van der Waals surface area contributed by atoms with Gasteiger partial charge in [-0.3, -0.25) is 14.2 Å². The minimum absolute atomic E-state index is 0.000742. The molecule has 0 spiro atoms. The summed E-state index contributed by atoms with van der Waals surface area (Å²) in [6, 6.07) is 13.4. The standard InChI is InChI=1S/C24H16F5N3O2/c25-11-14-1-3-16(12-26)19(9-14)22(34)30-17-4-6-18(7-5-17)32-21-8-2-15(13-33)10-20(21)31-23(32)24(27,28)29/h1-10,13H,11-12H2,(H,30,34). The fourth-order valence-electron chi connectivity index (χ4n) is 3.55. The first-order chi connectivity index (χ1) is 16.2. The number of hydrogen-bond donors (Lipinski definition) is 1. The lowest BCUT2D eigenvalue weighted by Gasteiger charge is -2.13. The van der Waals surface area contributed by atoms with Crippen LogP contribution < -0.4 is 5.32 Å². The molecule has 0 saturated heterocycles. The van der Waals surface area contributed by atoms with Gasteiger partial charge in [0.1, 0.15) is 19.6 Å². The predicted octanol–water partition coefficient (Wildman–Crippen LogP) is 6.05. The van der Waals surface area contributed by atoms with Gasteiger partial charge in [0, 0.05) is 22.5 Å². The summed E-state index contributed by atoms with van der Waals surface area (Å²) >= 11 is 0. The van der Waals surface area contributed by atoms with Gasteiger partial charge in [-0.1, -0.05) is 12.1 Å². The predicted molar refractivity (Wildman–Crippen MR) is 115 cm³/mol. The van der Waals surface area contributed by atoms with Crippen molar-refractivity contribution in [2.24, 2.45) is 0 Å². The quantitative estimate of drug-likeness (QED) is 0.274. The Morgan fingerprint density at radius 2 is 1.71 bits per heavy atom. The molecule has 1 N–H and O–H groups in total. The van der Waals surface area contributed by atoms with E-state index in [1.54, 1.807) is 0 Å². The second-order valence-electron chi connectivity index (χ2n) is 7.39. The number of anilines is 1. The number of halogens is 5. The van der Waals surface area contributed by atoms with Crippen molar-refractivity contribution in [2.75, 3.05) is 5.32 Å². The average Bonchev–Trinajstić information content (AvgIpc) is 3.23. The Bertz CT molecular complexity index is 1380. The summed E-state index contributed by atoms with van der Waals surface area (Å²) in [6.45, 7) is -1.75. The molecule has 0 aliphatic heterocycles. The molecule has 34 heavy (non-hydrogen) atoms. The third-order valence-electron chi connectivity index (χ3n) is 5.17. The Morgan fingerprint density at radius 3 is 2.32 bits per heavy atom. The minimum Gasteiger partial charge on any atom is -0.322 e. The zero-order valence-corrected chi connectivity index (χ0v) is 17.4. The number of aromatic nitrogens is 2. The van der Waals surface area contributed by atoms with E-state index in [0.29, 0.717) is 6.29 Å². The maximum absolute atomic E-state index is 13.7. The van der Waals surface area contributed by atoms with Crippen LogP contribution in [0.2, 0.25) is 0 Å². The van der Waals surface area contributed by atoms with Crippen LogP contribution in [0, 0.1) is 0 Å². The van der Waals surface area contributed by atoms with Crippen LogP contribution in [-0.4, -0.2) is 21.7 Å². The van der Waals surface area contributed by atoms with E-state index in [-0.39, 0.29) is 44.7 Å². The summed E-state index contributed by atoms with van der Waals surface area (Å²) in [4.78, 5) is 27.2. The average molecular weight is 473 g/mol. The lowest BCUT2D eigenvalue weighted by Crippen LogP contribution is -2.15. The van der Waals surface area contributed by atoms with Crippen LogP contribution in [0.3, 0.4) is 0 Å². The fourth-order valence-corrected chi connectivity index (χ4v) is 3.55. The molecule has 0 aliphatic carbocycles. The van der Waals surface area contributed by atoms with Crippen molar-refractivity contribution >= 4 is 28.9 Å². The van der Waals surface area contributed by atoms with E-state index in [1.165, 1.54) is 60.7 Å². The van der Waals surface area contributed by atoms with Crippen LogP contribution in [0.5, 0.6) is 0 Å². The number of fused-ring (bicyclic) bond motifs is 1. The number of carbonyl (C=O) groups excluding carboxylic acids is 2. The summed E-state index contributed by atoms with van der Waals surface area (Å²) in [6.07, 6.45) is -4.25. The largest absolute Gasteiger partial charge is 0.450 e. The Labute approximate surface area is 189 Å². The van der Waals surface area contributed by atoms with E-state index >= 15 is 0 Å². The maximum atomic E-state index is 13.7. The summed E-state index contributed by atoms with van der Waals surface area (Å²) in [5, 5.41) is 2.54. The van der Waals surface area contributed by atoms with Crippen molar-refractivity contribution in [3.8, 4) is 5.69 Å². The first kappa shape index (κ1) is 23.1. The van der Waals surface area contributed by atoms with Crippen molar-refractivity contribution < 1.29 is 31.5 Å². The molecule has 4 aromatic rings. The van der Waals surface area contributed by atoms with Gasteiger partial charge in [0.2, 0.25) is 5.82 Å². The molecule has 0 unspecified atom stereocenters. The van der Waals surface area contributed by atoms with E-state index in [4.69, 9.17) is 0 Å². The Hall–Kier alpha value is -4.08. The van der Waals surface area contributed by atoms with Gasteiger partial charge >= 0.3 is 6.18 Å². The molecule has 0 fully saturated rings. The monoisotopic (exact) mass is 473 g/mol. The molecule has 10 heteroatoms. The molecule has 1 amide bonds. The molecule has 0 saturated carbocycles. The van der Waals surface area contributed by atoms with Crippen LogP contribution in [-0.2, 0) is 19.5 Å². The van der Waals surface area contributed by atoms with E-state index < -0.39 is 31.3 Å². The number of carbonyl (C=O) groups is 2. The summed E-state index contributed by atoms with van der Waals surface area (Å²) in [5.74, 6) is -1.85. The molecular weight excluding hydrogens is 457 g/mol. The second kappa shape index (κ2) is 9.05. The Balaban J connectivity index is 1.69. The molecular formula is C24H16F5N3O2. The molecule has 1 aromatic heterocycles. The molecule has 174 valence electrons. The Kier molecular flexibility index (Phi) is 6.14. The van der Waals surface area contributed by atoms with Crippen LogP contribution in [0.15, 0.2) is 60.7 Å². The van der Waals surface area contributed by atoms with E-state index in [0.717, 1.165) is 4.57 Å². The number of nitrogens with one attached hydrogen (secondary N) is 1. The summed E-state index contributed by atoms with van der Waals surface area (Å²) in [7, 11) is 0. The molecule has 4 rings (SSSR count). The number of amides is 1. The van der Waals surface area contributed by atoms with E-state index in [1.807, 2.05) is 0 Å². The molecule has 0 atom stereocenters. The summed E-state index contributed by atoms with van der Waals surface area (Å²) < 4.78 is 68.1. The van der Waals surface area contributed by atoms with Crippen LogP contribution in [0.4, 0.5) is 27.6 Å². The number of benzene rings is 3. The first-order valence-electron chi connectivity index (χ1n) is 9.95. The number of rotatable bonds is 6. The highest BCUT2D eigenvalue weighted by atomic mass is 19.4. The third kappa shape index (κ3) is 4.39. The lowest BCUT2D eigenvalue weighted by atomic mass is 10.0. The molecule has 1 heterocycles. The highest BCUT2D eigenvalue weighted by Crippen LogP contribution is 2.34. The van der Waals surface area contributed by atoms with E-state index in [2.05, 4.69) is 10.3 Å². The van der Waals surface area contributed by atoms with Gasteiger partial charge < -0.3 is 5.32 Å². The van der Waals surface area contributed by atoms with Gasteiger partial charge in [-0.05, 0) is 59.7 Å². The Morgan fingerprint density at radius 1 is 0.971 bits per heavy atom. The van der Waals surface area contributed by atoms with E-state index in [9.17, 15) is 31.5 Å². The highest BCUT2D eigenvalue weighted by Gasteiger charge is 2.38. The second-order valence-corrected chi connectivity index (χ2v) is 7.39. The molecule has 5 nitrogen and oxygen atoms in total. The zero-order valence-electron chi connectivity index (χ0n) is 17.4. The van der Waals surface area contributed by atoms with Crippen molar-refractivity contribution in [2.45, 2.75) is 19.5 Å². The minimum atomic E-state index is -4.77. The topological polar surface area (TPSA) is 64.0 Å². The number of nitrogens with zero attached hydrogens (tertiary/aromatic N) is 2. The van der Waals surface area contributed by atoms with Gasteiger partial charge in [0.05, 0.1) is 11.0 Å². The number of aldehydes is 1. The first-order valence-corrected chi connectivity index (χ1v) is 9.95. The molecule has 0 bridgehead atoms. The van der Waals surface area contributed by atoms with Crippen LogP contribution in [0.25, 0.3) is 16.7 Å². The van der Waals surface area contributed by atoms with Crippen molar-refractivity contribution in [3.05, 3.63) is 88.7 Å². The lowest BCUT2D eigenvalue weighted by molar-refractivity contribution is -0.145. The normalized spacial score (nSPS) is 11.6. The summed E-state index contributed by atoms with van der Waals surface area (Å²) in [5.41, 5.74) is 0.955. The zero-order chi connectivity index (χ0) is 24.5. The number of hydrogen-bond acceptors (Lipinski definition) is 3. The number of imidazole rings is 1. The maximum Gasteiger partial charge on any atom is 0.450 e. The van der Waals surface area contributed by atoms with Gasteiger partial charge in [0.25, 0.3) is 5.91 Å². The molecule has 0 aliphatic rings. The SMILES string of the molecule is O=Cc1ccc2c(c1)nc(C(F)(F)F)n2-c1ccc(NC(=O)c2cc(CF)ccc2CF)cc1. The van der Waals surface area contributed by atoms with Crippen molar-refractivity contribution in [1.29, 1.82) is 0 Å². The third-order valence-corrected chi connectivity index (χ3v) is 5.17. The van der Waals surface area contributed by atoms with Crippen molar-refractivity contribution in [1.82, 2.24) is 9.55 Å². The van der Waals surface area contributed by atoms with Gasteiger partial charge in [-0.15, -0.1) is 0 Å². The van der Waals surface area contributed by atoms with Gasteiger partial charge in [-0.25, -0.2) is 13.8 Å². The fraction of sp³-hybridized carbons (Fsp3) is 0.125. The van der Waals surface area contributed by atoms with Gasteiger partial charge in [-0.2, -0.15) is 13.2 Å². The van der Waals surface area contributed by atoms with Crippen LogP contribution in [0.1, 0.15) is 37.7 Å². The van der Waals surface area contributed by atoms with Gasteiger partial charge in [0.15, 0.2) is 0 Å². The highest BCUT2D eigenvalue weighted by molar-refractivity contribution is 6.05. The molecule has 0 radical (unpaired) electrons. The van der Waals surface area contributed by atoms with Crippen LogP contribution >= 0.6 is 0 Å². The number of alkyl halides is 5. The smallest absolute Gasteiger partial charge is 0.322 e. The van der Waals surface area contributed by atoms with Crippen molar-refractivity contribution in [3.63, 3.8) is 0 Å². The molecule has 3 aromatic carbocycles.